The molecule has 5 nitrogen and oxygen atoms in total. The Balaban J connectivity index is 3.00. The molecule has 0 radical (unpaired) electrons. The lowest BCUT2D eigenvalue weighted by molar-refractivity contribution is -0.122. The molecule has 1 amide bonds. The zero-order valence-electron chi connectivity index (χ0n) is 9.69. The monoisotopic (exact) mass is 345 g/mol. The average molecular weight is 347 g/mol. The van der Waals surface area contributed by atoms with E-state index in [-0.39, 0.29) is 27.3 Å². The normalized spacial score (nSPS) is 13.1. The quantitative estimate of drug-likeness (QED) is 0.830. The molecule has 2 N–H and O–H groups in total. The van der Waals surface area contributed by atoms with Gasteiger partial charge in [0.1, 0.15) is 10.6 Å². The Morgan fingerprint density at radius 1 is 1.37 bits per heavy atom. The third kappa shape index (κ3) is 4.42. The van der Waals surface area contributed by atoms with E-state index in [9.17, 15) is 13.2 Å². The molecule has 1 unspecified atom stereocenters. The first-order chi connectivity index (χ1) is 8.62. The minimum atomic E-state index is -3.99. The molecule has 1 rings (SSSR count). The Kier molecular flexibility index (Phi) is 5.32. The number of amides is 1. The molecule has 0 bridgehead atoms. The highest BCUT2D eigenvalue weighted by molar-refractivity contribution is 8.13. The third-order valence-corrected chi connectivity index (χ3v) is 4.31. The molecule has 0 fully saturated rings. The van der Waals surface area contributed by atoms with Crippen molar-refractivity contribution in [3.8, 4) is 5.75 Å². The van der Waals surface area contributed by atoms with E-state index in [1.807, 2.05) is 0 Å². The Hall–Kier alpha value is -0.690. The van der Waals surface area contributed by atoms with Crippen molar-refractivity contribution in [2.24, 2.45) is 11.7 Å². The summed E-state index contributed by atoms with van der Waals surface area (Å²) in [6, 6.07) is 2.29. The minimum absolute atomic E-state index is 0.00163. The zero-order chi connectivity index (χ0) is 14.8. The standard InChI is InChI=1S/C10H10Cl3NO4S/c1-5(10(14)15)4-18-8-2-7(12)9(3-6(8)11)19(13,16)17/h2-3,5H,4H2,1H3,(H2,14,15). The Morgan fingerprint density at radius 2 is 1.95 bits per heavy atom. The van der Waals surface area contributed by atoms with Gasteiger partial charge in [0, 0.05) is 16.7 Å². The van der Waals surface area contributed by atoms with Gasteiger partial charge in [-0.1, -0.05) is 30.1 Å². The number of carbonyl (C=O) groups excluding carboxylic acids is 1. The summed E-state index contributed by atoms with van der Waals surface area (Å²) in [5.41, 5.74) is 5.07. The molecule has 9 heteroatoms. The zero-order valence-corrected chi connectivity index (χ0v) is 12.8. The van der Waals surface area contributed by atoms with Crippen LogP contribution in [0.3, 0.4) is 0 Å². The largest absolute Gasteiger partial charge is 0.491 e. The van der Waals surface area contributed by atoms with E-state index >= 15 is 0 Å². The number of halogens is 3. The molecule has 19 heavy (non-hydrogen) atoms. The number of carbonyl (C=O) groups is 1. The molecule has 0 spiro atoms. The van der Waals surface area contributed by atoms with Crippen LogP contribution in [-0.2, 0) is 13.8 Å². The van der Waals surface area contributed by atoms with Crippen molar-refractivity contribution in [3.63, 3.8) is 0 Å². The molecule has 0 aliphatic rings. The van der Waals surface area contributed by atoms with Gasteiger partial charge in [0.2, 0.25) is 5.91 Å². The second-order valence-corrected chi connectivity index (χ2v) is 7.11. The fraction of sp³-hybridized carbons (Fsp3) is 0.300. The van der Waals surface area contributed by atoms with Crippen LogP contribution in [0.1, 0.15) is 6.92 Å². The maximum Gasteiger partial charge on any atom is 0.262 e. The van der Waals surface area contributed by atoms with Crippen molar-refractivity contribution < 1.29 is 17.9 Å². The van der Waals surface area contributed by atoms with Gasteiger partial charge in [-0.25, -0.2) is 8.42 Å². The topological polar surface area (TPSA) is 86.5 Å². The SMILES string of the molecule is CC(COc1cc(Cl)c(S(=O)(=O)Cl)cc1Cl)C(N)=O. The van der Waals surface area contributed by atoms with Gasteiger partial charge in [-0.3, -0.25) is 4.79 Å². The Bertz CT molecular complexity index is 603. The van der Waals surface area contributed by atoms with Crippen LogP contribution >= 0.6 is 33.9 Å². The summed E-state index contributed by atoms with van der Waals surface area (Å²) in [5, 5.41) is -0.110. The number of benzene rings is 1. The van der Waals surface area contributed by atoms with Crippen LogP contribution in [0.15, 0.2) is 17.0 Å². The van der Waals surface area contributed by atoms with Gasteiger partial charge in [0.05, 0.1) is 22.6 Å². The second kappa shape index (κ2) is 6.17. The maximum absolute atomic E-state index is 11.2. The Morgan fingerprint density at radius 3 is 2.42 bits per heavy atom. The average Bonchev–Trinajstić information content (AvgIpc) is 2.27. The second-order valence-electron chi connectivity index (χ2n) is 3.77. The van der Waals surface area contributed by atoms with Crippen molar-refractivity contribution in [2.45, 2.75) is 11.8 Å². The summed E-state index contributed by atoms with van der Waals surface area (Å²) in [6.07, 6.45) is 0. The van der Waals surface area contributed by atoms with E-state index < -0.39 is 20.9 Å². The van der Waals surface area contributed by atoms with Crippen molar-refractivity contribution in [1.82, 2.24) is 0 Å². The highest BCUT2D eigenvalue weighted by atomic mass is 35.7. The molecule has 0 aromatic heterocycles. The first-order valence-electron chi connectivity index (χ1n) is 4.98. The predicted octanol–water partition coefficient (Wildman–Crippen LogP) is 2.42. The van der Waals surface area contributed by atoms with E-state index in [0.29, 0.717) is 0 Å². The highest BCUT2D eigenvalue weighted by Gasteiger charge is 2.19. The maximum atomic E-state index is 11.2. The first kappa shape index (κ1) is 16.4. The van der Waals surface area contributed by atoms with Crippen LogP contribution in [0.5, 0.6) is 5.75 Å². The van der Waals surface area contributed by atoms with E-state index in [2.05, 4.69) is 0 Å². The summed E-state index contributed by atoms with van der Waals surface area (Å²) in [4.78, 5) is 10.5. The van der Waals surface area contributed by atoms with Crippen molar-refractivity contribution >= 4 is 48.8 Å². The Labute approximate surface area is 125 Å². The van der Waals surface area contributed by atoms with E-state index in [1.165, 1.54) is 6.07 Å². The molecule has 0 heterocycles. The van der Waals surface area contributed by atoms with E-state index in [1.54, 1.807) is 6.92 Å². The van der Waals surface area contributed by atoms with E-state index in [0.717, 1.165) is 6.07 Å². The molecule has 0 saturated carbocycles. The lowest BCUT2D eigenvalue weighted by Crippen LogP contribution is -2.25. The smallest absolute Gasteiger partial charge is 0.262 e. The number of ether oxygens (including phenoxy) is 1. The molecule has 106 valence electrons. The number of nitrogens with two attached hydrogens (primary N) is 1. The van der Waals surface area contributed by atoms with Gasteiger partial charge in [0.15, 0.2) is 0 Å². The molecule has 1 aromatic carbocycles. The molecular weight excluding hydrogens is 337 g/mol. The summed E-state index contributed by atoms with van der Waals surface area (Å²) in [7, 11) is 1.19. The van der Waals surface area contributed by atoms with Crippen LogP contribution in [0.4, 0.5) is 0 Å². The molecule has 0 saturated heterocycles. The van der Waals surface area contributed by atoms with Gasteiger partial charge in [-0.05, 0) is 6.07 Å². The molecule has 0 aliphatic heterocycles. The van der Waals surface area contributed by atoms with Gasteiger partial charge >= 0.3 is 0 Å². The number of hydrogen-bond donors (Lipinski definition) is 1. The summed E-state index contributed by atoms with van der Waals surface area (Å²) in [5.74, 6) is -0.905. The van der Waals surface area contributed by atoms with Gasteiger partial charge in [-0.15, -0.1) is 0 Å². The predicted molar refractivity (Wildman–Crippen MR) is 73.4 cm³/mol. The lowest BCUT2D eigenvalue weighted by atomic mass is 10.2. The fourth-order valence-electron chi connectivity index (χ4n) is 1.10. The minimum Gasteiger partial charge on any atom is -0.491 e. The number of rotatable bonds is 5. The van der Waals surface area contributed by atoms with Gasteiger partial charge in [-0.2, -0.15) is 0 Å². The first-order valence-corrected chi connectivity index (χ1v) is 8.05. The molecule has 1 atom stereocenters. The molecule has 0 aliphatic carbocycles. The van der Waals surface area contributed by atoms with Crippen LogP contribution in [-0.4, -0.2) is 20.9 Å². The fourth-order valence-corrected chi connectivity index (χ4v) is 2.90. The van der Waals surface area contributed by atoms with Crippen LogP contribution in [0.2, 0.25) is 10.0 Å². The highest BCUT2D eigenvalue weighted by Crippen LogP contribution is 2.35. The van der Waals surface area contributed by atoms with Gasteiger partial charge in [0.25, 0.3) is 9.05 Å². The number of primary amides is 1. The number of hydrogen-bond acceptors (Lipinski definition) is 4. The van der Waals surface area contributed by atoms with E-state index in [4.69, 9.17) is 44.4 Å². The van der Waals surface area contributed by atoms with Crippen LogP contribution in [0.25, 0.3) is 0 Å². The van der Waals surface area contributed by atoms with Crippen LogP contribution in [0, 0.1) is 5.92 Å². The third-order valence-electron chi connectivity index (χ3n) is 2.22. The summed E-state index contributed by atoms with van der Waals surface area (Å²) in [6.45, 7) is 1.58. The van der Waals surface area contributed by atoms with Crippen molar-refractivity contribution in [3.05, 3.63) is 22.2 Å². The lowest BCUT2D eigenvalue weighted by Gasteiger charge is -2.12. The van der Waals surface area contributed by atoms with Crippen LogP contribution < -0.4 is 10.5 Å². The summed E-state index contributed by atoms with van der Waals surface area (Å²) >= 11 is 11.6. The van der Waals surface area contributed by atoms with Crippen molar-refractivity contribution in [2.75, 3.05) is 6.61 Å². The van der Waals surface area contributed by atoms with Crippen molar-refractivity contribution in [1.29, 1.82) is 0 Å². The molecular formula is C10H10Cl3NO4S. The summed E-state index contributed by atoms with van der Waals surface area (Å²) < 4.78 is 27.6. The van der Waals surface area contributed by atoms with Gasteiger partial charge < -0.3 is 10.5 Å². The molecule has 1 aromatic rings.